The van der Waals surface area contributed by atoms with Crippen molar-refractivity contribution in [1.29, 1.82) is 0 Å². The van der Waals surface area contributed by atoms with E-state index >= 15 is 0 Å². The first-order valence-electron chi connectivity index (χ1n) is 16.8. The Hall–Kier alpha value is -1.86. The van der Waals surface area contributed by atoms with Crippen LogP contribution in [-0.2, 0) is 57.1 Å². The van der Waals surface area contributed by atoms with Gasteiger partial charge in [0, 0.05) is 44.3 Å². The van der Waals surface area contributed by atoms with E-state index < -0.39 is 135 Å². The zero-order chi connectivity index (χ0) is 39.0. The van der Waals surface area contributed by atoms with E-state index in [0.717, 1.165) is 6.92 Å². The Balaban J connectivity index is 0.00000972. The van der Waals surface area contributed by atoms with Crippen molar-refractivity contribution < 1.29 is 112 Å². The van der Waals surface area contributed by atoms with Gasteiger partial charge in [-0.1, -0.05) is 20.4 Å². The minimum Gasteiger partial charge on any atom is -0.550 e. The molecule has 2 amide bonds. The van der Waals surface area contributed by atoms with Crippen molar-refractivity contribution >= 4 is 23.8 Å². The first-order valence-corrected chi connectivity index (χ1v) is 16.8. The van der Waals surface area contributed by atoms with Crippen LogP contribution in [0.3, 0.4) is 0 Å². The van der Waals surface area contributed by atoms with Crippen LogP contribution in [0, 0.1) is 11.8 Å². The normalized spacial score (nSPS) is 37.8. The topological polar surface area (TPSA) is 296 Å². The molecule has 3 aliphatic heterocycles. The summed E-state index contributed by atoms with van der Waals surface area (Å²) in [5.41, 5.74) is 6.25. The number of carboxylic acids is 1. The van der Waals surface area contributed by atoms with Gasteiger partial charge in [-0.05, 0) is 6.92 Å². The average molecular weight is 774 g/mol. The van der Waals surface area contributed by atoms with Crippen LogP contribution in [0.4, 0.5) is 0 Å². The molecule has 3 fully saturated rings. The molecule has 8 N–H and O–H groups in total. The molecule has 0 aliphatic carbocycles. The standard InChI is InChI=1S/C32H53N3O17.Na/c1-12(2)29(44)47-11-19-27(51-30-20(33)23(39)14(4)17(8-36)48-30)25(41)22(35-16(6)38)32(50-19)52-26-18(10-46-9-13(3)28(42)43)49-31(45-7)21(24(26)40)34-15(5)37;/h13-14,17-27,30-32,36,39-41H,1,8-11,33H2,2-7H3,(H,34,37)(H,35,38)(H,42,43);/q;+1/p-1. The molecule has 0 radical (unpaired) electrons. The second kappa shape index (κ2) is 21.4. The minimum atomic E-state index is -1.74. The van der Waals surface area contributed by atoms with Gasteiger partial charge in [0.1, 0.15) is 55.3 Å². The predicted octanol–water partition coefficient (Wildman–Crippen LogP) is -7.85. The van der Waals surface area contributed by atoms with Gasteiger partial charge in [0.05, 0.1) is 38.1 Å². The average Bonchev–Trinajstić information content (AvgIpc) is 3.08. The number of rotatable bonds is 16. The van der Waals surface area contributed by atoms with Crippen molar-refractivity contribution in [3.8, 4) is 0 Å². The van der Waals surface area contributed by atoms with Crippen LogP contribution >= 0.6 is 0 Å². The molecule has 21 heteroatoms. The zero-order valence-electron chi connectivity index (χ0n) is 30.9. The maximum absolute atomic E-state index is 12.5. The van der Waals surface area contributed by atoms with Crippen molar-refractivity contribution in [3.63, 3.8) is 0 Å². The van der Waals surface area contributed by atoms with Crippen LogP contribution in [0.25, 0.3) is 0 Å². The SMILES string of the molecule is C=C(C)C(=O)OCC1OC(OC2C(COCC(C)C(=O)[O-])OC(OC)C(NC(C)=O)C2O)C(NC(C)=O)C(O)C1OC1OC(CO)C(C)C(O)C1N.[Na+]. The van der Waals surface area contributed by atoms with Crippen LogP contribution in [0.1, 0.15) is 34.6 Å². The Kier molecular flexibility index (Phi) is 19.1. The largest absolute Gasteiger partial charge is 1.00 e. The van der Waals surface area contributed by atoms with Crippen molar-refractivity contribution in [2.24, 2.45) is 17.6 Å². The Morgan fingerprint density at radius 2 is 1.34 bits per heavy atom. The van der Waals surface area contributed by atoms with Gasteiger partial charge >= 0.3 is 35.5 Å². The molecule has 20 nitrogen and oxygen atoms in total. The van der Waals surface area contributed by atoms with Gasteiger partial charge in [-0.3, -0.25) is 9.59 Å². The molecule has 3 aliphatic rings. The molecule has 0 bridgehead atoms. The number of nitrogens with two attached hydrogens (primary N) is 1. The first-order chi connectivity index (χ1) is 24.4. The fourth-order valence-corrected chi connectivity index (χ4v) is 6.01. The van der Waals surface area contributed by atoms with Gasteiger partial charge in [0.25, 0.3) is 0 Å². The third-order valence-corrected chi connectivity index (χ3v) is 9.00. The van der Waals surface area contributed by atoms with Crippen LogP contribution in [0.2, 0.25) is 0 Å². The Labute approximate surface area is 329 Å². The fourth-order valence-electron chi connectivity index (χ4n) is 6.01. The molecule has 0 aromatic heterocycles. The number of carbonyl (C=O) groups is 4. The molecule has 3 heterocycles. The summed E-state index contributed by atoms with van der Waals surface area (Å²) in [6.07, 6.45) is -15.4. The Morgan fingerprint density at radius 3 is 1.83 bits per heavy atom. The summed E-state index contributed by atoms with van der Waals surface area (Å²) >= 11 is 0. The number of hydrogen-bond acceptors (Lipinski definition) is 18. The third kappa shape index (κ3) is 12.3. The van der Waals surface area contributed by atoms with E-state index in [1.54, 1.807) is 6.92 Å². The van der Waals surface area contributed by atoms with E-state index in [9.17, 15) is 44.7 Å². The molecule has 0 spiro atoms. The molecule has 298 valence electrons. The predicted molar refractivity (Wildman–Crippen MR) is 171 cm³/mol. The maximum Gasteiger partial charge on any atom is 1.00 e. The van der Waals surface area contributed by atoms with E-state index in [1.807, 2.05) is 0 Å². The van der Waals surface area contributed by atoms with Crippen molar-refractivity contribution in [2.45, 2.75) is 120 Å². The second-order valence-electron chi connectivity index (χ2n) is 13.2. The summed E-state index contributed by atoms with van der Waals surface area (Å²) in [5, 5.41) is 60.2. The number of aliphatic hydroxyl groups excluding tert-OH is 4. The number of hydrogen-bond donors (Lipinski definition) is 7. The molecule has 53 heavy (non-hydrogen) atoms. The molecule has 0 aromatic carbocycles. The molecular formula is C32H52N3NaO17. The maximum atomic E-state index is 12.5. The van der Waals surface area contributed by atoms with E-state index in [2.05, 4.69) is 17.2 Å². The molecule has 0 saturated carbocycles. The smallest absolute Gasteiger partial charge is 0.550 e. The van der Waals surface area contributed by atoms with Gasteiger partial charge in [-0.2, -0.15) is 0 Å². The molecular weight excluding hydrogens is 721 g/mol. The van der Waals surface area contributed by atoms with E-state index in [1.165, 1.54) is 27.9 Å². The van der Waals surface area contributed by atoms with Crippen molar-refractivity contribution in [1.82, 2.24) is 10.6 Å². The summed E-state index contributed by atoms with van der Waals surface area (Å²) in [4.78, 5) is 48.2. The van der Waals surface area contributed by atoms with E-state index in [4.69, 9.17) is 43.6 Å². The summed E-state index contributed by atoms with van der Waals surface area (Å²) in [7, 11) is 1.26. The minimum absolute atomic E-state index is 0. The Morgan fingerprint density at radius 1 is 0.849 bits per heavy atom. The number of nitrogens with one attached hydrogen (secondary N) is 2. The van der Waals surface area contributed by atoms with Gasteiger partial charge in [0.2, 0.25) is 11.8 Å². The first kappa shape index (κ1) is 47.3. The van der Waals surface area contributed by atoms with E-state index in [0.29, 0.717) is 0 Å². The summed E-state index contributed by atoms with van der Waals surface area (Å²) in [6, 6.07) is -3.87. The number of carbonyl (C=O) groups excluding carboxylic acids is 4. The summed E-state index contributed by atoms with van der Waals surface area (Å²) < 4.78 is 46.5. The van der Waals surface area contributed by atoms with Crippen molar-refractivity contribution in [3.05, 3.63) is 12.2 Å². The number of amides is 2. The molecule has 3 rings (SSSR count). The van der Waals surface area contributed by atoms with Gasteiger partial charge < -0.3 is 84.6 Å². The molecule has 3 saturated heterocycles. The zero-order valence-corrected chi connectivity index (χ0v) is 32.9. The van der Waals surface area contributed by atoms with Crippen LogP contribution < -0.4 is 51.0 Å². The van der Waals surface area contributed by atoms with Crippen molar-refractivity contribution in [2.75, 3.05) is 33.5 Å². The summed E-state index contributed by atoms with van der Waals surface area (Å²) in [5.74, 6) is -5.01. The molecule has 0 aromatic rings. The number of aliphatic carboxylic acids is 1. The van der Waals surface area contributed by atoms with Gasteiger partial charge in [0.15, 0.2) is 18.9 Å². The molecule has 16 atom stereocenters. The third-order valence-electron chi connectivity index (χ3n) is 9.00. The van der Waals surface area contributed by atoms with Crippen LogP contribution in [0.15, 0.2) is 12.2 Å². The van der Waals surface area contributed by atoms with Crippen LogP contribution in [0.5, 0.6) is 0 Å². The van der Waals surface area contributed by atoms with Gasteiger partial charge in [-0.15, -0.1) is 0 Å². The number of aliphatic hydroxyl groups is 4. The Bertz CT molecular complexity index is 1250. The molecule has 16 unspecified atom stereocenters. The number of ether oxygens (including phenoxy) is 8. The van der Waals surface area contributed by atoms with Gasteiger partial charge in [-0.25, -0.2) is 4.79 Å². The number of carboxylic acid groups (broad SMARTS) is 1. The summed E-state index contributed by atoms with van der Waals surface area (Å²) in [6.45, 7) is 8.50. The van der Waals surface area contributed by atoms with Crippen LogP contribution in [-0.4, -0.2) is 164 Å². The fraction of sp³-hybridized carbons (Fsp3) is 0.812. The monoisotopic (exact) mass is 773 g/mol. The number of esters is 1. The van der Waals surface area contributed by atoms with E-state index in [-0.39, 0.29) is 48.3 Å². The number of methoxy groups -OCH3 is 1. The quantitative estimate of drug-likeness (QED) is 0.0435. The second-order valence-corrected chi connectivity index (χ2v) is 13.2.